The number of ether oxygens (including phenoxy) is 3. The lowest BCUT2D eigenvalue weighted by Crippen LogP contribution is -2.50. The SMILES string of the molecule is COc1ccc(C/[N+]([O-])=C/[C@@H]2COC(C)(C)N2C(=O)OC(C)(C)C)cc1. The molecule has 1 aromatic carbocycles. The molecule has 2 rings (SSSR count). The first-order chi connectivity index (χ1) is 12.0. The fourth-order valence-corrected chi connectivity index (χ4v) is 2.76. The maximum atomic E-state index is 12.6. The third-order valence-corrected chi connectivity index (χ3v) is 3.95. The van der Waals surface area contributed by atoms with Crippen molar-refractivity contribution < 1.29 is 23.7 Å². The summed E-state index contributed by atoms with van der Waals surface area (Å²) >= 11 is 0. The first-order valence-electron chi connectivity index (χ1n) is 8.60. The van der Waals surface area contributed by atoms with Crippen molar-refractivity contribution >= 4 is 12.3 Å². The van der Waals surface area contributed by atoms with E-state index in [1.165, 1.54) is 11.1 Å². The molecule has 1 fully saturated rings. The molecule has 144 valence electrons. The topological polar surface area (TPSA) is 74.1 Å². The molecule has 1 heterocycles. The predicted molar refractivity (Wildman–Crippen MR) is 98.3 cm³/mol. The van der Waals surface area contributed by atoms with Crippen LogP contribution in [0.15, 0.2) is 24.3 Å². The van der Waals surface area contributed by atoms with Crippen molar-refractivity contribution in [3.8, 4) is 5.75 Å². The average Bonchev–Trinajstić information content (AvgIpc) is 2.80. The highest BCUT2D eigenvalue weighted by molar-refractivity contribution is 5.75. The van der Waals surface area contributed by atoms with Crippen molar-refractivity contribution in [1.29, 1.82) is 0 Å². The zero-order chi connectivity index (χ0) is 19.5. The number of methoxy groups -OCH3 is 1. The summed E-state index contributed by atoms with van der Waals surface area (Å²) in [6.07, 6.45) is 0.960. The van der Waals surface area contributed by atoms with E-state index in [2.05, 4.69) is 0 Å². The lowest BCUT2D eigenvalue weighted by molar-refractivity contribution is -0.472. The molecule has 0 aliphatic carbocycles. The van der Waals surface area contributed by atoms with Gasteiger partial charge in [-0.3, -0.25) is 4.90 Å². The summed E-state index contributed by atoms with van der Waals surface area (Å²) in [5.74, 6) is 0.734. The Morgan fingerprint density at radius 1 is 1.38 bits per heavy atom. The number of benzene rings is 1. The van der Waals surface area contributed by atoms with E-state index in [-0.39, 0.29) is 13.2 Å². The first kappa shape index (κ1) is 20.0. The van der Waals surface area contributed by atoms with Crippen molar-refractivity contribution in [3.05, 3.63) is 35.0 Å². The van der Waals surface area contributed by atoms with Crippen molar-refractivity contribution in [2.24, 2.45) is 0 Å². The summed E-state index contributed by atoms with van der Waals surface area (Å²) in [5, 5.41) is 12.4. The number of carbonyl (C=O) groups excluding carboxylic acids is 1. The minimum Gasteiger partial charge on any atom is -0.624 e. The number of nitrogens with zero attached hydrogens (tertiary/aromatic N) is 2. The average molecular weight is 364 g/mol. The van der Waals surface area contributed by atoms with Gasteiger partial charge in [-0.05, 0) is 58.9 Å². The van der Waals surface area contributed by atoms with Gasteiger partial charge in [-0.15, -0.1) is 0 Å². The Morgan fingerprint density at radius 2 is 2.00 bits per heavy atom. The molecule has 1 amide bonds. The molecule has 0 unspecified atom stereocenters. The Bertz CT molecular complexity index is 662. The summed E-state index contributed by atoms with van der Waals surface area (Å²) in [6, 6.07) is 6.78. The van der Waals surface area contributed by atoms with Gasteiger partial charge >= 0.3 is 6.09 Å². The largest absolute Gasteiger partial charge is 0.624 e. The van der Waals surface area contributed by atoms with Gasteiger partial charge in [-0.1, -0.05) is 0 Å². The molecule has 7 nitrogen and oxygen atoms in total. The number of hydrogen-bond acceptors (Lipinski definition) is 5. The molecule has 1 aromatic rings. The van der Waals surface area contributed by atoms with Crippen LogP contribution in [0.4, 0.5) is 4.79 Å². The third-order valence-electron chi connectivity index (χ3n) is 3.95. The van der Waals surface area contributed by atoms with Crippen LogP contribution in [0.1, 0.15) is 40.2 Å². The molecule has 1 aliphatic heterocycles. The molecule has 1 saturated heterocycles. The van der Waals surface area contributed by atoms with E-state index < -0.39 is 23.5 Å². The molecule has 0 radical (unpaired) electrons. The van der Waals surface area contributed by atoms with Crippen LogP contribution >= 0.6 is 0 Å². The summed E-state index contributed by atoms with van der Waals surface area (Å²) in [7, 11) is 1.59. The van der Waals surface area contributed by atoms with E-state index in [0.717, 1.165) is 16.1 Å². The molecule has 1 atom stereocenters. The van der Waals surface area contributed by atoms with Gasteiger partial charge in [0.1, 0.15) is 23.1 Å². The Balaban J connectivity index is 2.13. The number of hydrogen-bond donors (Lipinski definition) is 0. The Morgan fingerprint density at radius 3 is 2.54 bits per heavy atom. The van der Waals surface area contributed by atoms with Gasteiger partial charge in [0, 0.05) is 5.56 Å². The van der Waals surface area contributed by atoms with Crippen LogP contribution in [0.2, 0.25) is 0 Å². The van der Waals surface area contributed by atoms with Gasteiger partial charge in [0.15, 0.2) is 12.8 Å². The van der Waals surface area contributed by atoms with Gasteiger partial charge in [0.25, 0.3) is 0 Å². The van der Waals surface area contributed by atoms with Gasteiger partial charge in [0.2, 0.25) is 0 Å². The van der Waals surface area contributed by atoms with Crippen LogP contribution in [0.5, 0.6) is 5.75 Å². The summed E-state index contributed by atoms with van der Waals surface area (Å²) in [5.41, 5.74) is -0.621. The van der Waals surface area contributed by atoms with Crippen LogP contribution < -0.4 is 4.74 Å². The van der Waals surface area contributed by atoms with Crippen molar-refractivity contribution in [2.45, 2.75) is 58.5 Å². The minimum absolute atomic E-state index is 0.170. The molecule has 0 spiro atoms. The lowest BCUT2D eigenvalue weighted by atomic mass is 10.2. The molecule has 0 bridgehead atoms. The zero-order valence-corrected chi connectivity index (χ0v) is 16.3. The first-order valence-corrected chi connectivity index (χ1v) is 8.60. The number of rotatable bonds is 4. The second-order valence-electron chi connectivity index (χ2n) is 7.75. The molecule has 1 aliphatic rings. The molecule has 26 heavy (non-hydrogen) atoms. The predicted octanol–water partition coefficient (Wildman–Crippen LogP) is 3.15. The van der Waals surface area contributed by atoms with Crippen molar-refractivity contribution in [2.75, 3.05) is 13.7 Å². The highest BCUT2D eigenvalue weighted by atomic mass is 16.6. The van der Waals surface area contributed by atoms with Crippen LogP contribution in [0.25, 0.3) is 0 Å². The minimum atomic E-state index is -0.843. The Kier molecular flexibility index (Phi) is 5.81. The summed E-state index contributed by atoms with van der Waals surface area (Å²) in [4.78, 5) is 14.0. The summed E-state index contributed by atoms with van der Waals surface area (Å²) < 4.78 is 17.1. The van der Waals surface area contributed by atoms with Gasteiger partial charge < -0.3 is 19.4 Å². The zero-order valence-electron chi connectivity index (χ0n) is 16.3. The van der Waals surface area contributed by atoms with E-state index in [9.17, 15) is 10.0 Å². The van der Waals surface area contributed by atoms with E-state index in [4.69, 9.17) is 14.2 Å². The van der Waals surface area contributed by atoms with E-state index in [1.807, 2.05) is 12.1 Å². The summed E-state index contributed by atoms with van der Waals surface area (Å²) in [6.45, 7) is 9.38. The Labute approximate surface area is 154 Å². The maximum Gasteiger partial charge on any atom is 0.413 e. The highest BCUT2D eigenvalue weighted by Gasteiger charge is 2.46. The van der Waals surface area contributed by atoms with E-state index >= 15 is 0 Å². The molecule has 7 heteroatoms. The van der Waals surface area contributed by atoms with Gasteiger partial charge in [0.05, 0.1) is 13.7 Å². The molecular weight excluding hydrogens is 336 g/mol. The van der Waals surface area contributed by atoms with Crippen molar-refractivity contribution in [1.82, 2.24) is 4.90 Å². The lowest BCUT2D eigenvalue weighted by Gasteiger charge is -2.33. The maximum absolute atomic E-state index is 12.6. The van der Waals surface area contributed by atoms with Crippen LogP contribution in [0, 0.1) is 5.21 Å². The normalized spacial score (nSPS) is 20.2. The second-order valence-corrected chi connectivity index (χ2v) is 7.75. The van der Waals surface area contributed by atoms with Crippen LogP contribution in [0.3, 0.4) is 0 Å². The Hall–Kier alpha value is -2.28. The molecular formula is C19H28N2O5. The highest BCUT2D eigenvalue weighted by Crippen LogP contribution is 2.28. The van der Waals surface area contributed by atoms with Crippen LogP contribution in [-0.4, -0.2) is 53.0 Å². The molecule has 0 aromatic heterocycles. The third kappa shape index (κ3) is 5.11. The monoisotopic (exact) mass is 364 g/mol. The van der Waals surface area contributed by atoms with E-state index in [0.29, 0.717) is 0 Å². The van der Waals surface area contributed by atoms with E-state index in [1.54, 1.807) is 53.9 Å². The molecule has 0 saturated carbocycles. The van der Waals surface area contributed by atoms with Crippen molar-refractivity contribution in [3.63, 3.8) is 0 Å². The standard InChI is InChI=1S/C19H28N2O5/c1-18(2,3)26-17(22)21-15(13-25-19(21,4)5)12-20(23)11-14-7-9-16(24-6)10-8-14/h7-10,12,15H,11,13H2,1-6H3/b20-12-/t15-/m1/s1. The number of hydroxylamine groups is 1. The smallest absolute Gasteiger partial charge is 0.413 e. The van der Waals surface area contributed by atoms with Crippen LogP contribution in [-0.2, 0) is 16.0 Å². The quantitative estimate of drug-likeness (QED) is 0.355. The van der Waals surface area contributed by atoms with Gasteiger partial charge in [-0.2, -0.15) is 0 Å². The fourth-order valence-electron chi connectivity index (χ4n) is 2.76. The fraction of sp³-hybridized carbons (Fsp3) is 0.579. The number of carbonyl (C=O) groups is 1. The molecule has 0 N–H and O–H groups in total. The second kappa shape index (κ2) is 7.53. The number of amides is 1. The van der Waals surface area contributed by atoms with Gasteiger partial charge in [-0.25, -0.2) is 9.53 Å².